The van der Waals surface area contributed by atoms with Crippen molar-refractivity contribution in [2.24, 2.45) is 0 Å². The Morgan fingerprint density at radius 1 is 0.909 bits per heavy atom. The SMILES string of the molecule is CC(O)C(=O)OC1CCCCC1.CCCCCCC(O)C/C=C\CCCCCCCC(=O)O. The molecule has 0 aromatic heterocycles. The van der Waals surface area contributed by atoms with Gasteiger partial charge < -0.3 is 20.1 Å². The zero-order chi connectivity index (χ0) is 24.7. The van der Waals surface area contributed by atoms with Crippen LogP contribution in [0, 0.1) is 0 Å². The summed E-state index contributed by atoms with van der Waals surface area (Å²) in [6, 6.07) is 0. The van der Waals surface area contributed by atoms with Crippen molar-refractivity contribution in [3.05, 3.63) is 12.2 Å². The largest absolute Gasteiger partial charge is 0.481 e. The van der Waals surface area contributed by atoms with Gasteiger partial charge in [0, 0.05) is 6.42 Å². The molecular formula is C27H50O6. The number of carbonyl (C=O) groups is 2. The first kappa shape index (κ1) is 31.6. The molecule has 0 aromatic carbocycles. The number of unbranched alkanes of at least 4 members (excludes halogenated alkanes) is 8. The van der Waals surface area contributed by atoms with Crippen LogP contribution in [0.5, 0.6) is 0 Å². The van der Waals surface area contributed by atoms with E-state index in [0.29, 0.717) is 6.42 Å². The molecule has 6 heteroatoms. The summed E-state index contributed by atoms with van der Waals surface area (Å²) in [6.07, 6.45) is 21.9. The third-order valence-electron chi connectivity index (χ3n) is 5.90. The number of carbonyl (C=O) groups excluding carboxylic acids is 1. The van der Waals surface area contributed by atoms with Crippen molar-refractivity contribution in [1.29, 1.82) is 0 Å². The minimum atomic E-state index is -0.980. The molecule has 1 fully saturated rings. The summed E-state index contributed by atoms with van der Waals surface area (Å²) in [4.78, 5) is 21.3. The lowest BCUT2D eigenvalue weighted by Crippen LogP contribution is -2.27. The van der Waals surface area contributed by atoms with Gasteiger partial charge in [-0.05, 0) is 64.7 Å². The number of allylic oxidation sites excluding steroid dienone is 1. The van der Waals surface area contributed by atoms with E-state index in [4.69, 9.17) is 14.9 Å². The van der Waals surface area contributed by atoms with Crippen molar-refractivity contribution in [2.75, 3.05) is 0 Å². The van der Waals surface area contributed by atoms with E-state index in [1.54, 1.807) is 0 Å². The van der Waals surface area contributed by atoms with Gasteiger partial charge in [0.05, 0.1) is 6.10 Å². The molecule has 0 heterocycles. The highest BCUT2D eigenvalue weighted by Gasteiger charge is 2.19. The van der Waals surface area contributed by atoms with Gasteiger partial charge in [-0.25, -0.2) is 4.79 Å². The molecule has 6 nitrogen and oxygen atoms in total. The van der Waals surface area contributed by atoms with Crippen molar-refractivity contribution >= 4 is 11.9 Å². The standard InChI is InChI=1S/C18H34O3.C9H16O3/c1-2-3-4-11-14-17(19)15-12-9-7-5-6-8-10-13-16-18(20)21;1-7(10)9(11)12-8-5-3-2-4-6-8/h9,12,17,19H,2-8,10-11,13-16H2,1H3,(H,20,21);7-8,10H,2-6H2,1H3/b12-9-;. The molecule has 2 atom stereocenters. The van der Waals surface area contributed by atoms with Gasteiger partial charge in [-0.3, -0.25) is 4.79 Å². The Labute approximate surface area is 201 Å². The van der Waals surface area contributed by atoms with Crippen molar-refractivity contribution in [1.82, 2.24) is 0 Å². The highest BCUT2D eigenvalue weighted by Crippen LogP contribution is 2.20. The number of rotatable bonds is 17. The molecule has 0 aliphatic heterocycles. The van der Waals surface area contributed by atoms with Crippen molar-refractivity contribution in [2.45, 2.75) is 148 Å². The summed E-state index contributed by atoms with van der Waals surface area (Å²) in [5, 5.41) is 27.2. The Morgan fingerprint density at radius 3 is 2.18 bits per heavy atom. The molecule has 194 valence electrons. The van der Waals surface area contributed by atoms with Crippen LogP contribution in [0.1, 0.15) is 129 Å². The fraction of sp³-hybridized carbons (Fsp3) is 0.852. The van der Waals surface area contributed by atoms with Crippen molar-refractivity contribution in [3.63, 3.8) is 0 Å². The summed E-state index contributed by atoms with van der Waals surface area (Å²) in [6.45, 7) is 3.64. The van der Waals surface area contributed by atoms with Crippen LogP contribution in [-0.2, 0) is 14.3 Å². The second-order valence-electron chi connectivity index (χ2n) is 9.28. The van der Waals surface area contributed by atoms with E-state index >= 15 is 0 Å². The molecule has 0 saturated heterocycles. The monoisotopic (exact) mass is 470 g/mol. The third-order valence-corrected chi connectivity index (χ3v) is 5.90. The van der Waals surface area contributed by atoms with Crippen LogP contribution in [0.3, 0.4) is 0 Å². The maximum atomic E-state index is 10.9. The molecule has 0 aromatic rings. The molecule has 3 N–H and O–H groups in total. The van der Waals surface area contributed by atoms with Gasteiger partial charge in [0.25, 0.3) is 0 Å². The molecule has 2 unspecified atom stereocenters. The minimum Gasteiger partial charge on any atom is -0.481 e. The highest BCUT2D eigenvalue weighted by molar-refractivity contribution is 5.73. The quantitative estimate of drug-likeness (QED) is 0.130. The van der Waals surface area contributed by atoms with E-state index < -0.39 is 18.0 Å². The lowest BCUT2D eigenvalue weighted by atomic mass is 9.98. The molecule has 33 heavy (non-hydrogen) atoms. The molecule has 1 saturated carbocycles. The predicted molar refractivity (Wildman–Crippen MR) is 133 cm³/mol. The summed E-state index contributed by atoms with van der Waals surface area (Å²) in [5.74, 6) is -1.17. The number of esters is 1. The van der Waals surface area contributed by atoms with Crippen LogP contribution in [0.2, 0.25) is 0 Å². The zero-order valence-electron chi connectivity index (χ0n) is 21.2. The Hall–Kier alpha value is -1.40. The topological polar surface area (TPSA) is 104 Å². The normalized spacial score (nSPS) is 16.1. The molecule has 0 amide bonds. The number of hydrogen-bond acceptors (Lipinski definition) is 5. The second-order valence-corrected chi connectivity index (χ2v) is 9.28. The van der Waals surface area contributed by atoms with Gasteiger partial charge in [0.15, 0.2) is 0 Å². The van der Waals surface area contributed by atoms with Crippen LogP contribution >= 0.6 is 0 Å². The molecule has 0 radical (unpaired) electrons. The summed E-state index contributed by atoms with van der Waals surface area (Å²) in [5.41, 5.74) is 0. The lowest BCUT2D eigenvalue weighted by molar-refractivity contribution is -0.159. The van der Waals surface area contributed by atoms with Gasteiger partial charge in [-0.15, -0.1) is 0 Å². The maximum absolute atomic E-state index is 10.9. The highest BCUT2D eigenvalue weighted by atomic mass is 16.6. The van der Waals surface area contributed by atoms with Crippen LogP contribution < -0.4 is 0 Å². The first-order valence-electron chi connectivity index (χ1n) is 13.3. The van der Waals surface area contributed by atoms with Crippen LogP contribution in [0.4, 0.5) is 0 Å². The summed E-state index contributed by atoms with van der Waals surface area (Å²) < 4.78 is 5.06. The number of carboxylic acid groups (broad SMARTS) is 1. The molecule has 1 aliphatic rings. The number of aliphatic carboxylic acids is 1. The number of aliphatic hydroxyl groups is 2. The van der Waals surface area contributed by atoms with Gasteiger partial charge in [-0.1, -0.05) is 70.4 Å². The zero-order valence-corrected chi connectivity index (χ0v) is 21.2. The Balaban J connectivity index is 0.000000716. The number of ether oxygens (including phenoxy) is 1. The van der Waals surface area contributed by atoms with Gasteiger partial charge in [-0.2, -0.15) is 0 Å². The fourth-order valence-corrected chi connectivity index (χ4v) is 3.81. The Bertz CT molecular complexity index is 497. The first-order valence-corrected chi connectivity index (χ1v) is 13.3. The summed E-state index contributed by atoms with van der Waals surface area (Å²) >= 11 is 0. The third kappa shape index (κ3) is 22.2. The van der Waals surface area contributed by atoms with Crippen molar-refractivity contribution < 1.29 is 29.6 Å². The van der Waals surface area contributed by atoms with Gasteiger partial charge in [0.2, 0.25) is 0 Å². The van der Waals surface area contributed by atoms with Crippen LogP contribution in [0.25, 0.3) is 0 Å². The van der Waals surface area contributed by atoms with E-state index in [-0.39, 0.29) is 12.2 Å². The van der Waals surface area contributed by atoms with Crippen molar-refractivity contribution in [3.8, 4) is 0 Å². The average Bonchev–Trinajstić information content (AvgIpc) is 2.79. The number of aliphatic hydroxyl groups excluding tert-OH is 2. The molecule has 1 rings (SSSR count). The van der Waals surface area contributed by atoms with E-state index in [1.165, 1.54) is 39.0 Å². The predicted octanol–water partition coefficient (Wildman–Crippen LogP) is 6.32. The molecular weight excluding hydrogens is 420 g/mol. The first-order chi connectivity index (χ1) is 15.9. The van der Waals surface area contributed by atoms with E-state index in [9.17, 15) is 14.7 Å². The van der Waals surface area contributed by atoms with Gasteiger partial charge >= 0.3 is 11.9 Å². The molecule has 0 bridgehead atoms. The Kier molecular flexibility index (Phi) is 21.4. The smallest absolute Gasteiger partial charge is 0.334 e. The van der Waals surface area contributed by atoms with Crippen LogP contribution in [0.15, 0.2) is 12.2 Å². The van der Waals surface area contributed by atoms with Gasteiger partial charge in [0.1, 0.15) is 12.2 Å². The average molecular weight is 471 g/mol. The van der Waals surface area contributed by atoms with E-state index in [0.717, 1.165) is 77.0 Å². The summed E-state index contributed by atoms with van der Waals surface area (Å²) in [7, 11) is 0. The fourth-order valence-electron chi connectivity index (χ4n) is 3.81. The lowest BCUT2D eigenvalue weighted by Gasteiger charge is -2.22. The van der Waals surface area contributed by atoms with E-state index in [2.05, 4.69) is 19.1 Å². The second kappa shape index (κ2) is 22.4. The minimum absolute atomic E-state index is 0.0563. The molecule has 0 spiro atoms. The molecule has 1 aliphatic carbocycles. The number of hydrogen-bond donors (Lipinski definition) is 3. The van der Waals surface area contributed by atoms with Crippen LogP contribution in [-0.4, -0.2) is 45.6 Å². The van der Waals surface area contributed by atoms with E-state index in [1.807, 2.05) is 0 Å². The number of carboxylic acids is 1. The maximum Gasteiger partial charge on any atom is 0.334 e. The Morgan fingerprint density at radius 2 is 1.55 bits per heavy atom.